The van der Waals surface area contributed by atoms with E-state index >= 15 is 0 Å². The average molecular weight is 628 g/mol. The highest BCUT2D eigenvalue weighted by atomic mass is 79.9. The highest BCUT2D eigenvalue weighted by Gasteiger charge is 2.53. The van der Waals surface area contributed by atoms with E-state index in [0.717, 1.165) is 9.37 Å². The second-order valence-electron chi connectivity index (χ2n) is 7.11. The predicted molar refractivity (Wildman–Crippen MR) is 136 cm³/mol. The Morgan fingerprint density at radius 1 is 1.17 bits per heavy atom. The van der Waals surface area contributed by atoms with Crippen LogP contribution in [0.25, 0.3) is 0 Å². The third kappa shape index (κ3) is 6.86. The number of nitrogens with zero attached hydrogens (tertiary/aromatic N) is 1. The van der Waals surface area contributed by atoms with Crippen LogP contribution in [0.5, 0.6) is 5.75 Å². The van der Waals surface area contributed by atoms with Crippen molar-refractivity contribution in [3.8, 4) is 5.75 Å². The third-order valence-corrected chi connectivity index (χ3v) is 6.66. The largest absolute Gasteiger partial charge is 0.509 e. The van der Waals surface area contributed by atoms with Crippen molar-refractivity contribution < 1.29 is 33.8 Å². The first kappa shape index (κ1) is 26.8. The van der Waals surface area contributed by atoms with Crippen molar-refractivity contribution in [3.63, 3.8) is 0 Å². The van der Waals surface area contributed by atoms with Crippen LogP contribution in [-0.2, 0) is 30.5 Å². The van der Waals surface area contributed by atoms with Gasteiger partial charge in [-0.15, -0.1) is 0 Å². The normalized spacial score (nSPS) is 17.7. The van der Waals surface area contributed by atoms with Crippen molar-refractivity contribution in [2.45, 2.75) is 18.0 Å². The highest BCUT2D eigenvalue weighted by molar-refractivity contribution is 9.10. The van der Waals surface area contributed by atoms with E-state index in [1.54, 1.807) is 48.5 Å². The number of allylic oxidation sites excluding steroid dienone is 1. The molecule has 0 radical (unpaired) electrons. The summed E-state index contributed by atoms with van der Waals surface area (Å²) in [5.74, 6) is -2.22. The molecule has 35 heavy (non-hydrogen) atoms. The zero-order valence-electron chi connectivity index (χ0n) is 18.1. The summed E-state index contributed by atoms with van der Waals surface area (Å²) >= 11 is 7.05. The van der Waals surface area contributed by atoms with Crippen LogP contribution in [-0.4, -0.2) is 56.8 Å². The number of likely N-dealkylation sites (tertiary alicyclic amines) is 1. The molecule has 2 aromatic carbocycles. The van der Waals surface area contributed by atoms with E-state index in [9.17, 15) is 24.3 Å². The lowest BCUT2D eigenvalue weighted by molar-refractivity contribution is -0.153. The number of hydrogen-bond acceptors (Lipinski definition) is 8. The molecule has 0 saturated carbocycles. The fourth-order valence-corrected chi connectivity index (χ4v) is 4.59. The first-order chi connectivity index (χ1) is 16.8. The van der Waals surface area contributed by atoms with E-state index in [1.807, 2.05) is 6.07 Å². The summed E-state index contributed by atoms with van der Waals surface area (Å²) in [7, 11) is 0. The number of carbonyl (C=O) groups is 4. The smallest absolute Gasteiger partial charge is 0.358 e. The van der Waals surface area contributed by atoms with Crippen molar-refractivity contribution >= 4 is 67.0 Å². The molecule has 9 nitrogen and oxygen atoms in total. The monoisotopic (exact) mass is 626 g/mol. The first-order valence-corrected chi connectivity index (χ1v) is 13.0. The van der Waals surface area contributed by atoms with Gasteiger partial charge in [0.05, 0.1) is 5.33 Å². The molecule has 0 bridgehead atoms. The molecule has 0 aromatic heterocycles. The summed E-state index contributed by atoms with van der Waals surface area (Å²) in [6.07, 6.45) is 0. The number of thioether (sulfide) groups is 1. The van der Waals surface area contributed by atoms with Gasteiger partial charge in [-0.05, 0) is 23.8 Å². The number of esters is 1. The SMILES string of the molecule is O=CSC1C(NC(=O)COc2cccc(Br)c2)C(=O)N1C(C(=O)OCc1ccccc1)=C(O)CBr. The van der Waals surface area contributed by atoms with E-state index in [2.05, 4.69) is 37.2 Å². The number of aliphatic hydroxyl groups is 1. The highest BCUT2D eigenvalue weighted by Crippen LogP contribution is 2.34. The predicted octanol–water partition coefficient (Wildman–Crippen LogP) is 3.31. The van der Waals surface area contributed by atoms with Gasteiger partial charge in [0, 0.05) is 4.47 Å². The summed E-state index contributed by atoms with van der Waals surface area (Å²) in [6, 6.07) is 14.6. The molecule has 1 aliphatic rings. The van der Waals surface area contributed by atoms with E-state index in [-0.39, 0.29) is 18.5 Å². The summed E-state index contributed by atoms with van der Waals surface area (Å²) in [6.45, 7) is -0.452. The van der Waals surface area contributed by atoms with Crippen LogP contribution in [0.2, 0.25) is 0 Å². The Morgan fingerprint density at radius 2 is 1.91 bits per heavy atom. The van der Waals surface area contributed by atoms with Crippen LogP contribution < -0.4 is 10.1 Å². The second kappa shape index (κ2) is 12.8. The van der Waals surface area contributed by atoms with Crippen LogP contribution >= 0.6 is 43.6 Å². The Bertz CT molecular complexity index is 1130. The van der Waals surface area contributed by atoms with Crippen LogP contribution in [0.15, 0.2) is 70.5 Å². The number of β-lactam (4-membered cyclic amide) rings is 1. The van der Waals surface area contributed by atoms with Gasteiger partial charge < -0.3 is 19.9 Å². The molecule has 3 rings (SSSR count). The standard InChI is InChI=1S/C23H20Br2N2O7S/c24-10-17(29)20(23(32)34-11-14-5-2-1-3-6-14)27-21(31)19(22(27)35-13-28)26-18(30)12-33-16-8-4-7-15(25)9-16/h1-9,13,19,22,29H,10-12H2,(H,26,30). The van der Waals surface area contributed by atoms with Gasteiger partial charge in [-0.3, -0.25) is 19.3 Å². The lowest BCUT2D eigenvalue weighted by Gasteiger charge is -2.45. The van der Waals surface area contributed by atoms with Gasteiger partial charge >= 0.3 is 5.97 Å². The van der Waals surface area contributed by atoms with Gasteiger partial charge in [0.25, 0.3) is 11.8 Å². The van der Waals surface area contributed by atoms with Crippen molar-refractivity contribution in [3.05, 3.63) is 76.1 Å². The maximum Gasteiger partial charge on any atom is 0.358 e. The zero-order chi connectivity index (χ0) is 25.4. The molecule has 2 aromatic rings. The summed E-state index contributed by atoms with van der Waals surface area (Å²) < 4.78 is 11.5. The second-order valence-corrected chi connectivity index (χ2v) is 9.54. The van der Waals surface area contributed by atoms with Gasteiger partial charge in [-0.1, -0.05) is 80.0 Å². The number of nitrogens with one attached hydrogen (secondary N) is 1. The van der Waals surface area contributed by atoms with Crippen molar-refractivity contribution in [2.24, 2.45) is 0 Å². The van der Waals surface area contributed by atoms with Crippen LogP contribution in [0.1, 0.15) is 5.56 Å². The topological polar surface area (TPSA) is 122 Å². The molecule has 2 N–H and O–H groups in total. The molecule has 1 heterocycles. The minimum absolute atomic E-state index is 0.0840. The number of carbonyl (C=O) groups excluding carboxylic acids is 4. The van der Waals surface area contributed by atoms with Gasteiger partial charge in [0.2, 0.25) is 0 Å². The maximum atomic E-state index is 12.9. The molecule has 1 aliphatic heterocycles. The average Bonchev–Trinajstić information content (AvgIpc) is 2.87. The lowest BCUT2D eigenvalue weighted by atomic mass is 10.1. The third-order valence-electron chi connectivity index (χ3n) is 4.77. The maximum absolute atomic E-state index is 12.9. The van der Waals surface area contributed by atoms with E-state index in [1.165, 1.54) is 0 Å². The van der Waals surface area contributed by atoms with Gasteiger partial charge in [0.1, 0.15) is 29.5 Å². The molecular weight excluding hydrogens is 608 g/mol. The Kier molecular flexibility index (Phi) is 9.75. The molecule has 1 saturated heterocycles. The quantitative estimate of drug-likeness (QED) is 0.0972. The number of hydrogen-bond donors (Lipinski definition) is 2. The lowest BCUT2D eigenvalue weighted by Crippen LogP contribution is -2.70. The molecule has 0 spiro atoms. The summed E-state index contributed by atoms with van der Waals surface area (Å²) in [5, 5.41) is 11.8. The summed E-state index contributed by atoms with van der Waals surface area (Å²) in [5.41, 5.74) is 0.792. The zero-order valence-corrected chi connectivity index (χ0v) is 22.0. The fraction of sp³-hybridized carbons (Fsp3) is 0.217. The molecule has 12 heteroatoms. The molecule has 1 fully saturated rings. The van der Waals surface area contributed by atoms with E-state index < -0.39 is 40.7 Å². The Hall–Kier alpha value is -2.83. The molecule has 2 unspecified atom stereocenters. The Balaban J connectivity index is 1.68. The van der Waals surface area contributed by atoms with E-state index in [4.69, 9.17) is 9.47 Å². The number of halogens is 2. The summed E-state index contributed by atoms with van der Waals surface area (Å²) in [4.78, 5) is 50.3. The first-order valence-electron chi connectivity index (χ1n) is 10.1. The van der Waals surface area contributed by atoms with Crippen molar-refractivity contribution in [1.29, 1.82) is 0 Å². The molecule has 184 valence electrons. The molecule has 0 aliphatic carbocycles. The molecule has 2 amide bonds. The van der Waals surface area contributed by atoms with Gasteiger partial charge in [-0.2, -0.15) is 0 Å². The number of benzene rings is 2. The number of aliphatic hydroxyl groups excluding tert-OH is 1. The van der Waals surface area contributed by atoms with Crippen LogP contribution in [0, 0.1) is 0 Å². The minimum atomic E-state index is -1.11. The number of rotatable bonds is 11. The Labute approximate surface area is 222 Å². The fourth-order valence-electron chi connectivity index (χ4n) is 3.16. The molecular formula is C23H20Br2N2O7S. The van der Waals surface area contributed by atoms with Crippen LogP contribution in [0.3, 0.4) is 0 Å². The van der Waals surface area contributed by atoms with E-state index in [0.29, 0.717) is 28.7 Å². The van der Waals surface area contributed by atoms with Gasteiger partial charge in [0.15, 0.2) is 17.9 Å². The Morgan fingerprint density at radius 3 is 2.57 bits per heavy atom. The van der Waals surface area contributed by atoms with Crippen molar-refractivity contribution in [1.82, 2.24) is 10.2 Å². The molecule has 2 atom stereocenters. The minimum Gasteiger partial charge on any atom is -0.509 e. The van der Waals surface area contributed by atoms with Crippen molar-refractivity contribution in [2.75, 3.05) is 11.9 Å². The number of ether oxygens (including phenoxy) is 2. The van der Waals surface area contributed by atoms with Gasteiger partial charge in [-0.25, -0.2) is 4.79 Å². The van der Waals surface area contributed by atoms with Crippen LogP contribution in [0.4, 0.5) is 0 Å². The number of alkyl halides is 1. The number of amides is 2.